The number of ether oxygens (including phenoxy) is 2. The Morgan fingerprint density at radius 1 is 1.23 bits per heavy atom. The molecule has 4 rings (SSSR count). The van der Waals surface area contributed by atoms with E-state index in [1.165, 1.54) is 35.3 Å². The lowest BCUT2D eigenvalue weighted by Crippen LogP contribution is -2.47. The van der Waals surface area contributed by atoms with E-state index in [9.17, 15) is 9.59 Å². The van der Waals surface area contributed by atoms with Gasteiger partial charge in [-0.05, 0) is 48.1 Å². The predicted molar refractivity (Wildman–Crippen MR) is 117 cm³/mol. The third kappa shape index (κ3) is 4.03. The van der Waals surface area contributed by atoms with Crippen molar-refractivity contribution in [2.24, 2.45) is 0 Å². The molecule has 0 spiro atoms. The molecule has 2 N–H and O–H groups in total. The molecule has 0 aromatic heterocycles. The molecule has 0 saturated heterocycles. The van der Waals surface area contributed by atoms with Gasteiger partial charge in [-0.1, -0.05) is 30.1 Å². The van der Waals surface area contributed by atoms with Crippen LogP contribution in [0.2, 0.25) is 0 Å². The number of carbonyl (C=O) groups is 1. The molecule has 0 amide bonds. The summed E-state index contributed by atoms with van der Waals surface area (Å²) in [5, 5.41) is 12.1. The van der Waals surface area contributed by atoms with Gasteiger partial charge in [-0.3, -0.25) is 20.1 Å². The zero-order valence-corrected chi connectivity index (χ0v) is 17.4. The van der Waals surface area contributed by atoms with E-state index < -0.39 is 5.56 Å². The van der Waals surface area contributed by atoms with Crippen molar-refractivity contribution in [1.29, 1.82) is 5.41 Å². The Balaban J connectivity index is 1.85. The third-order valence-electron chi connectivity index (χ3n) is 4.48. The molecule has 1 aromatic carbocycles. The number of benzene rings is 1. The molecule has 9 heteroatoms. The summed E-state index contributed by atoms with van der Waals surface area (Å²) >= 11 is 1.23. The van der Waals surface area contributed by atoms with Gasteiger partial charge in [-0.15, -0.1) is 0 Å². The largest absolute Gasteiger partial charge is 0.493 e. The molecule has 0 unspecified atom stereocenters. The summed E-state index contributed by atoms with van der Waals surface area (Å²) in [4.78, 5) is 28.1. The van der Waals surface area contributed by atoms with E-state index in [2.05, 4.69) is 16.7 Å². The number of allylic oxidation sites excluding steroid dienone is 4. The first kappa shape index (κ1) is 20.3. The minimum absolute atomic E-state index is 0.0242. The van der Waals surface area contributed by atoms with Gasteiger partial charge in [-0.25, -0.2) is 4.68 Å². The van der Waals surface area contributed by atoms with Crippen LogP contribution in [0.3, 0.4) is 0 Å². The first-order valence-electron chi connectivity index (χ1n) is 9.24. The summed E-state index contributed by atoms with van der Waals surface area (Å²) in [6, 6.07) is 5.22. The van der Waals surface area contributed by atoms with Gasteiger partial charge in [0.05, 0.1) is 12.3 Å². The van der Waals surface area contributed by atoms with Gasteiger partial charge >= 0.3 is 0 Å². The number of nitrogens with zero attached hydrogens (tertiary/aromatic N) is 2. The van der Waals surface area contributed by atoms with Crippen LogP contribution in [0.5, 0.6) is 11.5 Å². The second-order valence-electron chi connectivity index (χ2n) is 6.52. The molecule has 3 aliphatic rings. The molecule has 31 heavy (non-hydrogen) atoms. The Hall–Kier alpha value is -3.98. The Labute approximate surface area is 180 Å². The molecule has 1 aliphatic carbocycles. The van der Waals surface area contributed by atoms with Crippen LogP contribution in [0.25, 0.3) is 16.8 Å². The van der Waals surface area contributed by atoms with Crippen molar-refractivity contribution in [3.05, 3.63) is 86.4 Å². The molecule has 0 bridgehead atoms. The molecule has 8 nitrogen and oxygen atoms in total. The summed E-state index contributed by atoms with van der Waals surface area (Å²) in [6.45, 7) is 3.96. The van der Waals surface area contributed by atoms with Gasteiger partial charge in [0.25, 0.3) is 5.56 Å². The maximum absolute atomic E-state index is 12.6. The van der Waals surface area contributed by atoms with Crippen molar-refractivity contribution in [1.82, 2.24) is 14.8 Å². The number of H-pyrrole nitrogens is 1. The standard InChI is InChI=1S/C22H18N4O4S/c1-3-10-30-17-9-4-13(12-18(17)29-2)11-16-19(23)26-22(24-20(16)28)31-21(25-26)14-5-7-15(27)8-6-14/h3-9,11-12,23,25H,1,10H2,2H3. The minimum Gasteiger partial charge on any atom is -0.493 e. The van der Waals surface area contributed by atoms with Crippen LogP contribution in [-0.2, 0) is 4.79 Å². The van der Waals surface area contributed by atoms with Crippen molar-refractivity contribution in [2.75, 3.05) is 13.7 Å². The number of aromatic nitrogens is 3. The van der Waals surface area contributed by atoms with Crippen LogP contribution in [-0.4, -0.2) is 34.3 Å². The Bertz CT molecular complexity index is 1440. The van der Waals surface area contributed by atoms with Crippen LogP contribution in [0, 0.1) is 5.41 Å². The van der Waals surface area contributed by atoms with Crippen LogP contribution in [0.1, 0.15) is 5.56 Å². The highest BCUT2D eigenvalue weighted by Gasteiger charge is 2.12. The highest BCUT2D eigenvalue weighted by molar-refractivity contribution is 7.11. The van der Waals surface area contributed by atoms with Crippen molar-refractivity contribution in [3.8, 4) is 16.6 Å². The smallest absolute Gasteiger partial charge is 0.283 e. The third-order valence-corrected chi connectivity index (χ3v) is 5.46. The SMILES string of the molecule is C=CCOc1ccc(C=c2c(=O)nc3sc(=C4C=CC(=O)C=C4)[nH]n-3c2=N)cc1OC. The van der Waals surface area contributed by atoms with E-state index >= 15 is 0 Å². The number of rotatable bonds is 5. The van der Waals surface area contributed by atoms with Crippen LogP contribution in [0.15, 0.2) is 60.0 Å². The molecule has 1 aromatic rings. The van der Waals surface area contributed by atoms with E-state index in [1.807, 2.05) is 0 Å². The fourth-order valence-corrected chi connectivity index (χ4v) is 3.90. The van der Waals surface area contributed by atoms with E-state index in [1.54, 1.807) is 42.5 Å². The topological polar surface area (TPSA) is 110 Å². The maximum Gasteiger partial charge on any atom is 0.283 e. The summed E-state index contributed by atoms with van der Waals surface area (Å²) in [7, 11) is 1.53. The summed E-state index contributed by atoms with van der Waals surface area (Å²) in [5.41, 5.74) is 0.903. The number of methoxy groups -OCH3 is 1. The lowest BCUT2D eigenvalue weighted by atomic mass is 10.1. The molecule has 0 radical (unpaired) electrons. The second kappa shape index (κ2) is 8.41. The van der Waals surface area contributed by atoms with Crippen LogP contribution in [0.4, 0.5) is 0 Å². The van der Waals surface area contributed by atoms with Crippen LogP contribution < -0.4 is 30.4 Å². The van der Waals surface area contributed by atoms with Gasteiger partial charge in [0.15, 0.2) is 22.8 Å². The lowest BCUT2D eigenvalue weighted by molar-refractivity contribution is -0.110. The Kier molecular flexibility index (Phi) is 5.50. The van der Waals surface area contributed by atoms with Gasteiger partial charge in [0, 0.05) is 5.57 Å². The molecule has 0 atom stereocenters. The summed E-state index contributed by atoms with van der Waals surface area (Å²) < 4.78 is 13.0. The molecule has 0 fully saturated rings. The van der Waals surface area contributed by atoms with Gasteiger partial charge in [0.1, 0.15) is 11.3 Å². The number of ketones is 1. The van der Waals surface area contributed by atoms with Crippen molar-refractivity contribution >= 4 is 28.8 Å². The number of nitrogens with one attached hydrogen (secondary N) is 2. The quantitative estimate of drug-likeness (QED) is 0.577. The Morgan fingerprint density at radius 3 is 2.71 bits per heavy atom. The minimum atomic E-state index is -0.507. The first-order valence-corrected chi connectivity index (χ1v) is 10.1. The number of fused-ring (bicyclic) bond motifs is 1. The Morgan fingerprint density at radius 2 is 2.00 bits per heavy atom. The average molecular weight is 434 g/mol. The fourth-order valence-electron chi connectivity index (χ4n) is 2.97. The van der Waals surface area contributed by atoms with Crippen molar-refractivity contribution in [3.63, 3.8) is 0 Å². The van der Waals surface area contributed by atoms with Crippen molar-refractivity contribution < 1.29 is 14.3 Å². The maximum atomic E-state index is 12.6. The second-order valence-corrected chi connectivity index (χ2v) is 7.50. The number of hydrogen-bond acceptors (Lipinski definition) is 7. The number of aromatic amines is 1. The van der Waals surface area contributed by atoms with E-state index in [0.717, 1.165) is 5.57 Å². The molecule has 2 aliphatic heterocycles. The molecule has 2 heterocycles. The van der Waals surface area contributed by atoms with Crippen LogP contribution >= 0.6 is 11.3 Å². The molecule has 0 saturated carbocycles. The lowest BCUT2D eigenvalue weighted by Gasteiger charge is -2.09. The molecule has 156 valence electrons. The van der Waals surface area contributed by atoms with Gasteiger partial charge < -0.3 is 9.47 Å². The number of hydrogen-bond donors (Lipinski definition) is 2. The zero-order chi connectivity index (χ0) is 22.0. The molecular formula is C22H18N4O4S. The zero-order valence-electron chi connectivity index (χ0n) is 16.5. The monoisotopic (exact) mass is 434 g/mol. The highest BCUT2D eigenvalue weighted by Crippen LogP contribution is 2.28. The van der Waals surface area contributed by atoms with Gasteiger partial charge in [0.2, 0.25) is 5.13 Å². The highest BCUT2D eigenvalue weighted by atomic mass is 32.1. The number of carbonyl (C=O) groups excluding carboxylic acids is 1. The summed E-state index contributed by atoms with van der Waals surface area (Å²) in [6.07, 6.45) is 9.50. The van der Waals surface area contributed by atoms with E-state index in [-0.39, 0.29) is 16.5 Å². The van der Waals surface area contributed by atoms with Gasteiger partial charge in [-0.2, -0.15) is 4.98 Å². The van der Waals surface area contributed by atoms with E-state index in [0.29, 0.717) is 33.5 Å². The normalized spacial score (nSPS) is 13.8. The van der Waals surface area contributed by atoms with E-state index in [4.69, 9.17) is 14.9 Å². The van der Waals surface area contributed by atoms with Crippen molar-refractivity contribution in [2.45, 2.75) is 0 Å². The predicted octanol–water partition coefficient (Wildman–Crippen LogP) is 0.787. The average Bonchev–Trinajstić information content (AvgIpc) is 3.20. The first-order chi connectivity index (χ1) is 15.0. The molecular weight excluding hydrogens is 416 g/mol. The fraction of sp³-hybridized carbons (Fsp3) is 0.0909. The summed E-state index contributed by atoms with van der Waals surface area (Å²) in [5.74, 6) is 0.963.